The number of hydrogen-bond donors (Lipinski definition) is 2. The van der Waals surface area contributed by atoms with Crippen LogP contribution in [0.4, 0.5) is 5.69 Å². The van der Waals surface area contributed by atoms with Crippen molar-refractivity contribution in [1.82, 2.24) is 4.72 Å². The highest BCUT2D eigenvalue weighted by Gasteiger charge is 2.28. The maximum atomic E-state index is 11.6. The van der Waals surface area contributed by atoms with Crippen LogP contribution in [0.3, 0.4) is 0 Å². The fourth-order valence-corrected chi connectivity index (χ4v) is 3.74. The lowest BCUT2D eigenvalue weighted by molar-refractivity contribution is 0.594. The van der Waals surface area contributed by atoms with Crippen molar-refractivity contribution in [3.05, 3.63) is 10.9 Å². The maximum Gasteiger partial charge on any atom is 0.275 e. The summed E-state index contributed by atoms with van der Waals surface area (Å²) in [5.74, 6) is 0.260. The summed E-state index contributed by atoms with van der Waals surface area (Å²) in [6.45, 7) is 1.86. The van der Waals surface area contributed by atoms with Crippen LogP contribution in [0.25, 0.3) is 0 Å². The number of guanidine groups is 1. The van der Waals surface area contributed by atoms with E-state index in [0.717, 1.165) is 4.88 Å². The van der Waals surface area contributed by atoms with Crippen LogP contribution in [0.2, 0.25) is 0 Å². The van der Waals surface area contributed by atoms with Crippen LogP contribution in [0.5, 0.6) is 0 Å². The second-order valence-corrected chi connectivity index (χ2v) is 5.99. The van der Waals surface area contributed by atoms with Gasteiger partial charge in [-0.2, -0.15) is 0 Å². The molecule has 2 heterocycles. The van der Waals surface area contributed by atoms with Crippen LogP contribution in [0.15, 0.2) is 15.3 Å². The van der Waals surface area contributed by atoms with Gasteiger partial charge in [0.2, 0.25) is 5.96 Å². The molecule has 0 radical (unpaired) electrons. The normalized spacial score (nSPS) is 21.1. The highest BCUT2D eigenvalue weighted by atomic mass is 32.2. The molecule has 0 fully saturated rings. The molecule has 2 N–H and O–H groups in total. The van der Waals surface area contributed by atoms with Gasteiger partial charge in [-0.25, -0.2) is 13.1 Å². The number of hydrogen-bond acceptors (Lipinski definition) is 4. The van der Waals surface area contributed by atoms with Crippen molar-refractivity contribution in [2.75, 3.05) is 12.4 Å². The maximum absolute atomic E-state index is 11.6. The van der Waals surface area contributed by atoms with Crippen molar-refractivity contribution in [2.45, 2.75) is 11.1 Å². The molecule has 5 nitrogen and oxygen atoms in total. The monoisotopic (exact) mass is 231 g/mol. The molecule has 0 unspecified atom stereocenters. The molecule has 1 aliphatic heterocycles. The zero-order valence-corrected chi connectivity index (χ0v) is 9.29. The number of rotatable bonds is 0. The quantitative estimate of drug-likeness (QED) is 0.692. The van der Waals surface area contributed by atoms with Crippen molar-refractivity contribution in [2.24, 2.45) is 4.99 Å². The molecule has 0 spiro atoms. The lowest BCUT2D eigenvalue weighted by Crippen LogP contribution is -2.39. The van der Waals surface area contributed by atoms with Gasteiger partial charge in [-0.3, -0.25) is 4.99 Å². The molecule has 0 bridgehead atoms. The Morgan fingerprint density at radius 1 is 1.50 bits per heavy atom. The highest BCUT2D eigenvalue weighted by Crippen LogP contribution is 2.33. The minimum Gasteiger partial charge on any atom is -0.324 e. The van der Waals surface area contributed by atoms with Crippen molar-refractivity contribution in [3.8, 4) is 0 Å². The average molecular weight is 231 g/mol. The Morgan fingerprint density at radius 2 is 2.21 bits per heavy atom. The Kier molecular flexibility index (Phi) is 2.00. The minimum absolute atomic E-state index is 0.260. The molecule has 0 saturated heterocycles. The molecule has 0 aromatic carbocycles. The van der Waals surface area contributed by atoms with Gasteiger partial charge in [0.15, 0.2) is 4.21 Å². The fourth-order valence-electron chi connectivity index (χ4n) is 1.21. The molecule has 1 aromatic heterocycles. The smallest absolute Gasteiger partial charge is 0.275 e. The third-order valence-electron chi connectivity index (χ3n) is 1.77. The van der Waals surface area contributed by atoms with E-state index >= 15 is 0 Å². The number of nitrogens with zero attached hydrogens (tertiary/aromatic N) is 1. The molecule has 1 aromatic rings. The first-order valence-corrected chi connectivity index (χ1v) is 6.20. The number of anilines is 1. The van der Waals surface area contributed by atoms with E-state index in [-0.39, 0.29) is 5.96 Å². The first kappa shape index (κ1) is 9.47. The Bertz CT molecular complexity index is 501. The molecule has 0 atom stereocenters. The summed E-state index contributed by atoms with van der Waals surface area (Å²) in [5.41, 5.74) is 0.604. The van der Waals surface area contributed by atoms with Crippen LogP contribution in [-0.2, 0) is 10.0 Å². The second-order valence-electron chi connectivity index (χ2n) is 2.86. The Balaban J connectivity index is 2.63. The van der Waals surface area contributed by atoms with Crippen molar-refractivity contribution < 1.29 is 8.42 Å². The van der Waals surface area contributed by atoms with Gasteiger partial charge in [-0.1, -0.05) is 0 Å². The molecule has 0 aliphatic carbocycles. The Labute approximate surface area is 85.9 Å². The fraction of sp³-hybridized carbons (Fsp3) is 0.286. The number of aryl methyl sites for hydroxylation is 1. The van der Waals surface area contributed by atoms with Crippen LogP contribution >= 0.6 is 11.3 Å². The summed E-state index contributed by atoms with van der Waals surface area (Å²) < 4.78 is 25.9. The second kappa shape index (κ2) is 2.96. The topological polar surface area (TPSA) is 70.6 Å². The minimum atomic E-state index is -3.41. The molecule has 0 saturated carbocycles. The van der Waals surface area contributed by atoms with Crippen LogP contribution in [0.1, 0.15) is 4.88 Å². The third kappa shape index (κ3) is 1.38. The summed E-state index contributed by atoms with van der Waals surface area (Å²) in [7, 11) is -1.88. The lowest BCUT2D eigenvalue weighted by atomic mass is 10.4. The number of sulfonamides is 1. The first-order chi connectivity index (χ1) is 6.53. The Morgan fingerprint density at radius 3 is 2.86 bits per heavy atom. The van der Waals surface area contributed by atoms with Gasteiger partial charge in [0.1, 0.15) is 0 Å². The molecule has 76 valence electrons. The Hall–Kier alpha value is -1.08. The molecule has 14 heavy (non-hydrogen) atoms. The predicted molar refractivity (Wildman–Crippen MR) is 56.4 cm³/mol. The summed E-state index contributed by atoms with van der Waals surface area (Å²) >= 11 is 1.24. The van der Waals surface area contributed by atoms with Crippen molar-refractivity contribution in [1.29, 1.82) is 0 Å². The number of nitrogens with one attached hydrogen (secondary N) is 2. The summed E-state index contributed by atoms with van der Waals surface area (Å²) in [4.78, 5) is 4.72. The number of thiophene rings is 1. The molecular weight excluding hydrogens is 222 g/mol. The zero-order valence-electron chi connectivity index (χ0n) is 7.66. The molecule has 2 rings (SSSR count). The predicted octanol–water partition coefficient (Wildman–Crippen LogP) is 0.746. The van der Waals surface area contributed by atoms with Crippen molar-refractivity contribution in [3.63, 3.8) is 0 Å². The highest BCUT2D eigenvalue weighted by molar-refractivity contribution is 7.92. The largest absolute Gasteiger partial charge is 0.324 e. The van der Waals surface area contributed by atoms with E-state index in [1.54, 1.807) is 6.07 Å². The van der Waals surface area contributed by atoms with E-state index in [4.69, 9.17) is 0 Å². The molecular formula is C7H9N3O2S2. The number of aliphatic imine (C=N–C) groups is 1. The summed E-state index contributed by atoms with van der Waals surface area (Å²) in [5, 5.41) is 2.89. The lowest BCUT2D eigenvalue weighted by Gasteiger charge is -2.17. The van der Waals surface area contributed by atoms with Crippen molar-refractivity contribution >= 4 is 33.0 Å². The average Bonchev–Trinajstić information content (AvgIpc) is 2.45. The van der Waals surface area contributed by atoms with Gasteiger partial charge < -0.3 is 5.32 Å². The summed E-state index contributed by atoms with van der Waals surface area (Å²) in [6.07, 6.45) is 0. The van der Waals surface area contributed by atoms with E-state index in [0.29, 0.717) is 9.90 Å². The van der Waals surface area contributed by atoms with E-state index in [1.807, 2.05) is 6.92 Å². The van der Waals surface area contributed by atoms with Crippen LogP contribution < -0.4 is 10.0 Å². The number of fused-ring (bicyclic) bond motifs is 1. The standard InChI is InChI=1S/C7H9N3O2S2/c1-4-3-5-6(13-4)14(11,12)10-7(8-2)9-5/h3H,1-2H3,(H2,8,9,10). The van der Waals surface area contributed by atoms with E-state index in [2.05, 4.69) is 15.0 Å². The van der Waals surface area contributed by atoms with E-state index < -0.39 is 10.0 Å². The van der Waals surface area contributed by atoms with Crippen LogP contribution in [0, 0.1) is 6.92 Å². The van der Waals surface area contributed by atoms with Gasteiger partial charge in [0.25, 0.3) is 10.0 Å². The molecule has 1 aliphatic rings. The summed E-state index contributed by atoms with van der Waals surface area (Å²) in [6, 6.07) is 1.80. The van der Waals surface area contributed by atoms with Gasteiger partial charge in [-0.05, 0) is 13.0 Å². The molecule has 7 heteroatoms. The molecule has 0 amide bonds. The van der Waals surface area contributed by atoms with Gasteiger partial charge in [-0.15, -0.1) is 11.3 Å². The zero-order chi connectivity index (χ0) is 10.3. The third-order valence-corrected chi connectivity index (χ3v) is 4.70. The van der Waals surface area contributed by atoms with E-state index in [1.165, 1.54) is 18.4 Å². The van der Waals surface area contributed by atoms with E-state index in [9.17, 15) is 8.42 Å². The van der Waals surface area contributed by atoms with Crippen LogP contribution in [-0.4, -0.2) is 21.4 Å². The SMILES string of the molecule is CN=C1Nc2cc(C)sc2S(=O)(=O)N1. The van der Waals surface area contributed by atoms with Gasteiger partial charge in [0.05, 0.1) is 5.69 Å². The van der Waals surface area contributed by atoms with Gasteiger partial charge in [0, 0.05) is 11.9 Å². The van der Waals surface area contributed by atoms with Gasteiger partial charge >= 0.3 is 0 Å². The first-order valence-electron chi connectivity index (χ1n) is 3.90.